The molecule has 0 spiro atoms. The molecule has 0 aliphatic heterocycles. The first kappa shape index (κ1) is 20.6. The zero-order chi connectivity index (χ0) is 20.0. The lowest BCUT2D eigenvalue weighted by Gasteiger charge is -2.29. The fraction of sp³-hybridized carbons (Fsp3) is 0.250. The van der Waals surface area contributed by atoms with Crippen molar-refractivity contribution in [3.8, 4) is 11.5 Å². The standard InChI is InChI=1S/C24H24BrFO2/c1-3-24(2,19-12-13-23(26)22(25)15-19)17-27-16-18-8-7-11-21(14-18)28-20-9-5-4-6-10-20/h4-15H,3,16-17H2,1-2H3. The molecule has 1 atom stereocenters. The molecule has 0 aromatic heterocycles. The molecule has 0 N–H and O–H groups in total. The molecule has 3 rings (SSSR count). The Morgan fingerprint density at radius 2 is 1.68 bits per heavy atom. The van der Waals surface area contributed by atoms with Crippen molar-refractivity contribution in [1.82, 2.24) is 0 Å². The second kappa shape index (κ2) is 9.35. The predicted molar refractivity (Wildman–Crippen MR) is 114 cm³/mol. The molecule has 0 saturated heterocycles. The quantitative estimate of drug-likeness (QED) is 0.365. The van der Waals surface area contributed by atoms with Crippen LogP contribution in [0.3, 0.4) is 0 Å². The second-order valence-corrected chi connectivity index (χ2v) is 7.95. The molecule has 0 amide bonds. The summed E-state index contributed by atoms with van der Waals surface area (Å²) in [7, 11) is 0. The maximum absolute atomic E-state index is 13.6. The third-order valence-corrected chi connectivity index (χ3v) is 5.57. The maximum atomic E-state index is 13.6. The van der Waals surface area contributed by atoms with Crippen molar-refractivity contribution < 1.29 is 13.9 Å². The summed E-state index contributed by atoms with van der Waals surface area (Å²) in [6, 6.07) is 22.8. The first-order chi connectivity index (χ1) is 13.5. The van der Waals surface area contributed by atoms with E-state index in [1.165, 1.54) is 6.07 Å². The fourth-order valence-electron chi connectivity index (χ4n) is 2.98. The number of rotatable bonds is 8. The molecule has 1 unspecified atom stereocenters. The number of benzene rings is 3. The number of hydrogen-bond donors (Lipinski definition) is 0. The summed E-state index contributed by atoms with van der Waals surface area (Å²) in [5.41, 5.74) is 1.92. The van der Waals surface area contributed by atoms with E-state index < -0.39 is 0 Å². The van der Waals surface area contributed by atoms with Crippen LogP contribution in [0.1, 0.15) is 31.4 Å². The zero-order valence-corrected chi connectivity index (χ0v) is 17.7. The van der Waals surface area contributed by atoms with E-state index in [4.69, 9.17) is 9.47 Å². The summed E-state index contributed by atoms with van der Waals surface area (Å²) in [5, 5.41) is 0. The van der Waals surface area contributed by atoms with E-state index in [9.17, 15) is 4.39 Å². The van der Waals surface area contributed by atoms with Gasteiger partial charge in [0.1, 0.15) is 17.3 Å². The minimum atomic E-state index is -0.252. The van der Waals surface area contributed by atoms with E-state index in [2.05, 4.69) is 29.8 Å². The molecule has 4 heteroatoms. The van der Waals surface area contributed by atoms with Crippen LogP contribution in [0.15, 0.2) is 77.3 Å². The van der Waals surface area contributed by atoms with E-state index in [-0.39, 0.29) is 11.2 Å². The minimum absolute atomic E-state index is 0.186. The van der Waals surface area contributed by atoms with Gasteiger partial charge in [0.2, 0.25) is 0 Å². The summed E-state index contributed by atoms with van der Waals surface area (Å²) >= 11 is 3.28. The van der Waals surface area contributed by atoms with Crippen molar-refractivity contribution in [3.05, 3.63) is 94.2 Å². The van der Waals surface area contributed by atoms with Crippen LogP contribution in [0.25, 0.3) is 0 Å². The Balaban J connectivity index is 1.63. The van der Waals surface area contributed by atoms with Gasteiger partial charge in [0, 0.05) is 5.41 Å². The highest BCUT2D eigenvalue weighted by molar-refractivity contribution is 9.10. The Morgan fingerprint density at radius 3 is 2.39 bits per heavy atom. The van der Waals surface area contributed by atoms with Gasteiger partial charge in [-0.25, -0.2) is 4.39 Å². The highest BCUT2D eigenvalue weighted by Gasteiger charge is 2.25. The van der Waals surface area contributed by atoms with Crippen LogP contribution in [0.2, 0.25) is 0 Å². The van der Waals surface area contributed by atoms with Gasteiger partial charge in [-0.2, -0.15) is 0 Å². The normalized spacial score (nSPS) is 13.1. The molecule has 0 bridgehead atoms. The molecule has 0 aliphatic rings. The van der Waals surface area contributed by atoms with Gasteiger partial charge in [0.05, 0.1) is 17.7 Å². The van der Waals surface area contributed by atoms with Crippen molar-refractivity contribution in [2.24, 2.45) is 0 Å². The van der Waals surface area contributed by atoms with E-state index in [1.54, 1.807) is 0 Å². The lowest BCUT2D eigenvalue weighted by Crippen LogP contribution is -2.27. The second-order valence-electron chi connectivity index (χ2n) is 7.10. The third-order valence-electron chi connectivity index (χ3n) is 4.96. The van der Waals surface area contributed by atoms with Gasteiger partial charge in [0.15, 0.2) is 0 Å². The van der Waals surface area contributed by atoms with Crippen molar-refractivity contribution in [2.75, 3.05) is 6.61 Å². The van der Waals surface area contributed by atoms with Crippen molar-refractivity contribution in [3.63, 3.8) is 0 Å². The van der Waals surface area contributed by atoms with Gasteiger partial charge in [0.25, 0.3) is 0 Å². The molecule has 28 heavy (non-hydrogen) atoms. The molecule has 2 nitrogen and oxygen atoms in total. The number of ether oxygens (including phenoxy) is 2. The lowest BCUT2D eigenvalue weighted by atomic mass is 9.81. The first-order valence-corrected chi connectivity index (χ1v) is 10.1. The van der Waals surface area contributed by atoms with Gasteiger partial charge in [-0.1, -0.05) is 50.2 Å². The molecule has 0 radical (unpaired) electrons. The number of para-hydroxylation sites is 1. The van der Waals surface area contributed by atoms with Crippen molar-refractivity contribution >= 4 is 15.9 Å². The monoisotopic (exact) mass is 442 g/mol. The Morgan fingerprint density at radius 1 is 0.929 bits per heavy atom. The average Bonchev–Trinajstić information content (AvgIpc) is 2.71. The average molecular weight is 443 g/mol. The first-order valence-electron chi connectivity index (χ1n) is 9.35. The van der Waals surface area contributed by atoms with E-state index in [0.29, 0.717) is 17.7 Å². The van der Waals surface area contributed by atoms with Gasteiger partial charge in [-0.05, 0) is 69.9 Å². The van der Waals surface area contributed by atoms with Crippen LogP contribution in [0.5, 0.6) is 11.5 Å². The summed E-state index contributed by atoms with van der Waals surface area (Å²) in [4.78, 5) is 0. The van der Waals surface area contributed by atoms with E-state index in [1.807, 2.05) is 66.7 Å². The minimum Gasteiger partial charge on any atom is -0.457 e. The lowest BCUT2D eigenvalue weighted by molar-refractivity contribution is 0.0746. The SMILES string of the molecule is CCC(C)(COCc1cccc(Oc2ccccc2)c1)c1ccc(F)c(Br)c1. The van der Waals surface area contributed by atoms with Crippen LogP contribution in [-0.2, 0) is 16.8 Å². The van der Waals surface area contributed by atoms with Crippen LogP contribution in [0.4, 0.5) is 4.39 Å². The zero-order valence-electron chi connectivity index (χ0n) is 16.1. The van der Waals surface area contributed by atoms with Gasteiger partial charge < -0.3 is 9.47 Å². The number of halogens is 2. The molecule has 3 aromatic carbocycles. The Kier molecular flexibility index (Phi) is 6.87. The molecule has 3 aromatic rings. The molecule has 0 fully saturated rings. The molecule has 0 saturated carbocycles. The maximum Gasteiger partial charge on any atom is 0.137 e. The fourth-order valence-corrected chi connectivity index (χ4v) is 3.36. The summed E-state index contributed by atoms with van der Waals surface area (Å²) in [5.74, 6) is 1.34. The smallest absolute Gasteiger partial charge is 0.137 e. The van der Waals surface area contributed by atoms with Gasteiger partial charge in [-0.15, -0.1) is 0 Å². The Labute approximate surface area is 174 Å². The van der Waals surface area contributed by atoms with Gasteiger partial charge in [-0.3, -0.25) is 0 Å². The third kappa shape index (κ3) is 5.21. The number of hydrogen-bond acceptors (Lipinski definition) is 2. The summed E-state index contributed by atoms with van der Waals surface area (Å²) in [6.07, 6.45) is 0.891. The van der Waals surface area contributed by atoms with E-state index in [0.717, 1.165) is 29.0 Å². The summed E-state index contributed by atoms with van der Waals surface area (Å²) < 4.78 is 26.0. The van der Waals surface area contributed by atoms with E-state index >= 15 is 0 Å². The topological polar surface area (TPSA) is 18.5 Å². The highest BCUT2D eigenvalue weighted by atomic mass is 79.9. The highest BCUT2D eigenvalue weighted by Crippen LogP contribution is 2.31. The predicted octanol–water partition coefficient (Wildman–Crippen LogP) is 7.27. The Bertz CT molecular complexity index is 913. The van der Waals surface area contributed by atoms with Crippen molar-refractivity contribution in [1.29, 1.82) is 0 Å². The Hall–Kier alpha value is -2.17. The van der Waals surface area contributed by atoms with Crippen LogP contribution >= 0.6 is 15.9 Å². The molecule has 0 aliphatic carbocycles. The molecular weight excluding hydrogens is 419 g/mol. The molecule has 0 heterocycles. The van der Waals surface area contributed by atoms with Crippen LogP contribution in [0, 0.1) is 5.82 Å². The van der Waals surface area contributed by atoms with Crippen LogP contribution in [-0.4, -0.2) is 6.61 Å². The molecular formula is C24H24BrFO2. The largest absolute Gasteiger partial charge is 0.457 e. The van der Waals surface area contributed by atoms with Gasteiger partial charge >= 0.3 is 0 Å². The van der Waals surface area contributed by atoms with Crippen LogP contribution < -0.4 is 4.74 Å². The molecule has 146 valence electrons. The summed E-state index contributed by atoms with van der Waals surface area (Å²) in [6.45, 7) is 5.30. The van der Waals surface area contributed by atoms with Crippen molar-refractivity contribution in [2.45, 2.75) is 32.3 Å².